The van der Waals surface area contributed by atoms with Gasteiger partial charge in [0, 0.05) is 19.4 Å². The molecule has 1 aromatic rings. The number of furan rings is 1. The summed E-state index contributed by atoms with van der Waals surface area (Å²) in [4.78, 5) is 41.0. The molecule has 5 rings (SSSR count). The standard InChI is InChI=1S/C28H45BN6O7/c1-17(2)14-23(29-41-22-16-18-15-21(27(18,3)4)28(22,5)42-29)33-25(37)20(9-6-12-31-26(30)34-35(38)39)32-24(36)11-10-19-8-7-13-40-19/h7-8,13,17-18,20-23H,6,9-12,14-16H2,1-5H3,(H,32,36)(H,33,37)(H3,30,31,34)/t18-,20+,21-,22-,23+,28+/m1/s1. The first-order chi connectivity index (χ1) is 19.8. The van der Waals surface area contributed by atoms with Gasteiger partial charge in [-0.05, 0) is 74.3 Å². The predicted molar refractivity (Wildman–Crippen MR) is 156 cm³/mol. The van der Waals surface area contributed by atoms with Crippen molar-refractivity contribution in [1.82, 2.24) is 16.1 Å². The van der Waals surface area contributed by atoms with Gasteiger partial charge in [0.2, 0.25) is 11.8 Å². The van der Waals surface area contributed by atoms with Gasteiger partial charge in [0.15, 0.2) is 5.03 Å². The van der Waals surface area contributed by atoms with Crippen molar-refractivity contribution in [2.24, 2.45) is 33.9 Å². The molecule has 0 radical (unpaired) electrons. The average Bonchev–Trinajstić information content (AvgIpc) is 3.55. The Morgan fingerprint density at radius 3 is 2.67 bits per heavy atom. The van der Waals surface area contributed by atoms with E-state index in [9.17, 15) is 19.7 Å². The van der Waals surface area contributed by atoms with Crippen molar-refractivity contribution in [1.29, 1.82) is 0 Å². The molecule has 232 valence electrons. The van der Waals surface area contributed by atoms with E-state index in [1.54, 1.807) is 23.8 Å². The molecule has 1 saturated heterocycles. The van der Waals surface area contributed by atoms with E-state index in [2.05, 4.69) is 50.2 Å². The molecule has 4 aliphatic rings. The smallest absolute Gasteiger partial charge is 0.469 e. The zero-order valence-corrected chi connectivity index (χ0v) is 25.3. The van der Waals surface area contributed by atoms with Crippen LogP contribution in [0.15, 0.2) is 27.8 Å². The van der Waals surface area contributed by atoms with E-state index < -0.39 is 29.7 Å². The molecule has 0 spiro atoms. The van der Waals surface area contributed by atoms with Crippen LogP contribution < -0.4 is 21.8 Å². The highest BCUT2D eigenvalue weighted by molar-refractivity contribution is 6.48. The zero-order valence-electron chi connectivity index (χ0n) is 25.3. The molecule has 2 amide bonds. The minimum atomic E-state index is -0.852. The second-order valence-corrected chi connectivity index (χ2v) is 13.1. The fourth-order valence-corrected chi connectivity index (χ4v) is 6.95. The van der Waals surface area contributed by atoms with Crippen LogP contribution in [0.3, 0.4) is 0 Å². The van der Waals surface area contributed by atoms with Crippen molar-refractivity contribution in [3.8, 4) is 0 Å². The van der Waals surface area contributed by atoms with Gasteiger partial charge in [-0.15, -0.1) is 0 Å². The molecule has 1 aromatic heterocycles. The lowest BCUT2D eigenvalue weighted by Gasteiger charge is -2.64. The number of nitrogens with two attached hydrogens (primary N) is 1. The van der Waals surface area contributed by atoms with Gasteiger partial charge in [0.05, 0.1) is 23.9 Å². The zero-order chi connectivity index (χ0) is 30.7. The van der Waals surface area contributed by atoms with Gasteiger partial charge in [-0.1, -0.05) is 33.1 Å². The molecule has 4 fully saturated rings. The molecule has 42 heavy (non-hydrogen) atoms. The Morgan fingerprint density at radius 1 is 1.26 bits per heavy atom. The summed E-state index contributed by atoms with van der Waals surface area (Å²) in [6.45, 7) is 11.1. The third kappa shape index (κ3) is 7.26. The van der Waals surface area contributed by atoms with E-state index in [4.69, 9.17) is 19.5 Å². The van der Waals surface area contributed by atoms with Gasteiger partial charge in [-0.2, -0.15) is 0 Å². The minimum absolute atomic E-state index is 0.0148. The third-order valence-corrected chi connectivity index (χ3v) is 9.32. The SMILES string of the molecule is CC(C)C[C@H](NC(=O)[C@H](CCCN=C(N)N[N+](=O)[O-])NC(=O)CCc1ccco1)B1O[C@@H]2C[C@H]3C[C@H](C3(C)C)[C@]2(C)O1. The molecule has 2 heterocycles. The molecule has 3 saturated carbocycles. The van der Waals surface area contributed by atoms with E-state index in [0.29, 0.717) is 36.9 Å². The van der Waals surface area contributed by atoms with E-state index in [1.165, 1.54) is 0 Å². The largest absolute Gasteiger partial charge is 0.481 e. The van der Waals surface area contributed by atoms with Gasteiger partial charge in [0.25, 0.3) is 5.96 Å². The maximum absolute atomic E-state index is 13.7. The Labute approximate surface area is 247 Å². The van der Waals surface area contributed by atoms with Crippen LogP contribution in [0.1, 0.15) is 78.9 Å². The number of nitro groups is 1. The topological polar surface area (TPSA) is 183 Å². The van der Waals surface area contributed by atoms with Crippen molar-refractivity contribution in [3.63, 3.8) is 0 Å². The van der Waals surface area contributed by atoms with E-state index >= 15 is 0 Å². The lowest BCUT2D eigenvalue weighted by atomic mass is 9.43. The van der Waals surface area contributed by atoms with Crippen LogP contribution in [-0.2, 0) is 25.3 Å². The van der Waals surface area contributed by atoms with Crippen molar-refractivity contribution in [2.75, 3.05) is 6.54 Å². The van der Waals surface area contributed by atoms with Crippen LogP contribution in [0.2, 0.25) is 0 Å². The molecule has 13 nitrogen and oxygen atoms in total. The summed E-state index contributed by atoms with van der Waals surface area (Å²) >= 11 is 0. The number of hydrogen-bond donors (Lipinski definition) is 4. The fraction of sp³-hybridized carbons (Fsp3) is 0.750. The van der Waals surface area contributed by atoms with Crippen LogP contribution in [0.5, 0.6) is 0 Å². The normalized spacial score (nSPS) is 27.5. The molecule has 14 heteroatoms. The van der Waals surface area contributed by atoms with Gasteiger partial charge in [-0.25, -0.2) is 15.1 Å². The number of carbonyl (C=O) groups excluding carboxylic acids is 2. The number of nitrogens with zero attached hydrogens (tertiary/aromatic N) is 2. The Balaban J connectivity index is 1.42. The first-order valence-electron chi connectivity index (χ1n) is 15.0. The predicted octanol–water partition coefficient (Wildman–Crippen LogP) is 2.37. The van der Waals surface area contributed by atoms with Crippen LogP contribution in [0, 0.1) is 33.3 Å². The second kappa shape index (κ2) is 13.0. The summed E-state index contributed by atoms with van der Waals surface area (Å²) in [5.41, 5.74) is 7.09. The third-order valence-electron chi connectivity index (χ3n) is 9.32. The quantitative estimate of drug-likeness (QED) is 0.0633. The van der Waals surface area contributed by atoms with Gasteiger partial charge >= 0.3 is 7.12 Å². The Hall–Kier alpha value is -3.13. The van der Waals surface area contributed by atoms with E-state index in [1.807, 2.05) is 0 Å². The molecule has 5 N–H and O–H groups in total. The highest BCUT2D eigenvalue weighted by atomic mass is 16.7. The van der Waals surface area contributed by atoms with Crippen molar-refractivity contribution in [3.05, 3.63) is 34.3 Å². The summed E-state index contributed by atoms with van der Waals surface area (Å²) < 4.78 is 18.5. The molecular weight excluding hydrogens is 543 g/mol. The van der Waals surface area contributed by atoms with Crippen LogP contribution in [0.25, 0.3) is 0 Å². The number of rotatable bonds is 14. The first kappa shape index (κ1) is 31.8. The highest BCUT2D eigenvalue weighted by Gasteiger charge is 2.68. The lowest BCUT2D eigenvalue weighted by Crippen LogP contribution is -2.65. The number of hydrogen-bond acceptors (Lipinski definition) is 8. The van der Waals surface area contributed by atoms with E-state index in [-0.39, 0.29) is 54.6 Å². The molecule has 0 unspecified atom stereocenters. The highest BCUT2D eigenvalue weighted by Crippen LogP contribution is 2.65. The van der Waals surface area contributed by atoms with Gasteiger partial charge < -0.3 is 30.1 Å². The number of amides is 2. The molecule has 6 atom stereocenters. The van der Waals surface area contributed by atoms with Crippen LogP contribution >= 0.6 is 0 Å². The molecular formula is C28H45BN6O7. The number of hydrazine groups is 1. The molecule has 2 bridgehead atoms. The number of carbonyl (C=O) groups is 2. The lowest BCUT2D eigenvalue weighted by molar-refractivity contribution is -0.525. The van der Waals surface area contributed by atoms with Gasteiger partial charge in [-0.3, -0.25) is 9.59 Å². The number of nitrogens with one attached hydrogen (secondary N) is 3. The fourth-order valence-electron chi connectivity index (χ4n) is 6.95. The first-order valence-corrected chi connectivity index (χ1v) is 15.0. The Bertz CT molecular complexity index is 1150. The molecule has 1 aliphatic heterocycles. The number of guanidine groups is 1. The number of aliphatic imine (C=N–C) groups is 1. The Morgan fingerprint density at radius 2 is 2.02 bits per heavy atom. The molecule has 3 aliphatic carbocycles. The monoisotopic (exact) mass is 588 g/mol. The summed E-state index contributed by atoms with van der Waals surface area (Å²) in [5, 5.41) is 15.7. The van der Waals surface area contributed by atoms with Crippen LogP contribution in [0.4, 0.5) is 0 Å². The maximum atomic E-state index is 13.7. The Kier molecular flexibility index (Phi) is 9.86. The summed E-state index contributed by atoms with van der Waals surface area (Å²) in [6.07, 6.45) is 5.42. The van der Waals surface area contributed by atoms with Gasteiger partial charge in [0.1, 0.15) is 11.8 Å². The maximum Gasteiger partial charge on any atom is 0.481 e. The second-order valence-electron chi connectivity index (χ2n) is 13.1. The van der Waals surface area contributed by atoms with E-state index in [0.717, 1.165) is 12.8 Å². The molecule has 0 aromatic carbocycles. The van der Waals surface area contributed by atoms with Crippen molar-refractivity contribution in [2.45, 2.75) is 103 Å². The minimum Gasteiger partial charge on any atom is -0.469 e. The van der Waals surface area contributed by atoms with Crippen molar-refractivity contribution >= 4 is 24.9 Å². The van der Waals surface area contributed by atoms with Crippen LogP contribution in [-0.4, -0.2) is 60.2 Å². The number of aryl methyl sites for hydroxylation is 1. The summed E-state index contributed by atoms with van der Waals surface area (Å²) in [6, 6.07) is 2.70. The summed E-state index contributed by atoms with van der Waals surface area (Å²) in [5.74, 6) is 0.580. The van der Waals surface area contributed by atoms with Crippen molar-refractivity contribution < 1.29 is 28.3 Å². The average molecular weight is 589 g/mol. The summed E-state index contributed by atoms with van der Waals surface area (Å²) in [7, 11) is -0.589.